The molecule has 0 atom stereocenters. The molecule has 0 spiro atoms. The predicted octanol–water partition coefficient (Wildman–Crippen LogP) is 3.44. The average molecular weight is 311 g/mol. The molecule has 1 aromatic rings. The van der Waals surface area contributed by atoms with Gasteiger partial charge in [0.1, 0.15) is 5.54 Å². The van der Waals surface area contributed by atoms with E-state index in [9.17, 15) is 4.79 Å². The van der Waals surface area contributed by atoms with E-state index < -0.39 is 5.54 Å². The van der Waals surface area contributed by atoms with E-state index in [0.29, 0.717) is 0 Å². The van der Waals surface area contributed by atoms with E-state index in [0.717, 1.165) is 35.8 Å². The van der Waals surface area contributed by atoms with Gasteiger partial charge < -0.3 is 11.1 Å². The van der Waals surface area contributed by atoms with Crippen molar-refractivity contribution in [2.45, 2.75) is 44.1 Å². The van der Waals surface area contributed by atoms with Gasteiger partial charge in [-0.2, -0.15) is 0 Å². The van der Waals surface area contributed by atoms with Crippen molar-refractivity contribution in [2.75, 3.05) is 5.32 Å². The fourth-order valence-corrected chi connectivity index (χ4v) is 3.01. The Morgan fingerprint density at radius 3 is 2.44 bits per heavy atom. The molecule has 98 valence electrons. The van der Waals surface area contributed by atoms with E-state index >= 15 is 0 Å². The van der Waals surface area contributed by atoms with Crippen LogP contribution in [0.25, 0.3) is 0 Å². The minimum absolute atomic E-state index is 0.232. The number of carbonyl (C=O) groups is 1. The van der Waals surface area contributed by atoms with Gasteiger partial charge in [0.15, 0.2) is 0 Å². The van der Waals surface area contributed by atoms with Gasteiger partial charge in [0.25, 0.3) is 0 Å². The maximum absolute atomic E-state index is 11.9. The van der Waals surface area contributed by atoms with Crippen molar-refractivity contribution in [1.82, 2.24) is 0 Å². The molecule has 0 radical (unpaired) electrons. The monoisotopic (exact) mass is 310 g/mol. The SMILES string of the molecule is NC(=O)C1(Nc2cccc(Br)c2)CCCCCC1. The van der Waals surface area contributed by atoms with Crippen LogP contribution in [0, 0.1) is 0 Å². The third-order valence-corrected chi connectivity index (χ3v) is 4.13. The number of anilines is 1. The van der Waals surface area contributed by atoms with E-state index in [1.165, 1.54) is 12.8 Å². The van der Waals surface area contributed by atoms with Crippen molar-refractivity contribution < 1.29 is 4.79 Å². The predicted molar refractivity (Wildman–Crippen MR) is 77.4 cm³/mol. The molecule has 1 aromatic carbocycles. The quantitative estimate of drug-likeness (QED) is 0.840. The largest absolute Gasteiger partial charge is 0.371 e. The van der Waals surface area contributed by atoms with Crippen LogP contribution in [0.3, 0.4) is 0 Å². The van der Waals surface area contributed by atoms with Gasteiger partial charge in [-0.05, 0) is 31.0 Å². The van der Waals surface area contributed by atoms with Gasteiger partial charge in [0.05, 0.1) is 0 Å². The highest BCUT2D eigenvalue weighted by Crippen LogP contribution is 2.31. The lowest BCUT2D eigenvalue weighted by Crippen LogP contribution is -2.50. The molecule has 1 saturated carbocycles. The number of hydrogen-bond acceptors (Lipinski definition) is 2. The van der Waals surface area contributed by atoms with Gasteiger partial charge in [-0.1, -0.05) is 47.7 Å². The topological polar surface area (TPSA) is 55.1 Å². The molecule has 0 bridgehead atoms. The van der Waals surface area contributed by atoms with Crippen molar-refractivity contribution in [1.29, 1.82) is 0 Å². The van der Waals surface area contributed by atoms with Gasteiger partial charge in [0, 0.05) is 10.2 Å². The Morgan fingerprint density at radius 2 is 1.89 bits per heavy atom. The lowest BCUT2D eigenvalue weighted by molar-refractivity contribution is -0.122. The number of amides is 1. The minimum Gasteiger partial charge on any atom is -0.371 e. The maximum atomic E-state index is 11.9. The summed E-state index contributed by atoms with van der Waals surface area (Å²) in [6.07, 6.45) is 6.15. The fourth-order valence-electron chi connectivity index (χ4n) is 2.61. The van der Waals surface area contributed by atoms with E-state index in [2.05, 4.69) is 21.2 Å². The number of nitrogens with two attached hydrogens (primary N) is 1. The summed E-state index contributed by atoms with van der Waals surface area (Å²) in [5, 5.41) is 3.37. The van der Waals surface area contributed by atoms with E-state index in [1.807, 2.05) is 24.3 Å². The molecule has 1 aliphatic carbocycles. The summed E-state index contributed by atoms with van der Waals surface area (Å²) in [6.45, 7) is 0. The van der Waals surface area contributed by atoms with Crippen LogP contribution in [0.1, 0.15) is 38.5 Å². The van der Waals surface area contributed by atoms with Gasteiger partial charge in [0.2, 0.25) is 5.91 Å². The van der Waals surface area contributed by atoms with Crippen LogP contribution in [0.5, 0.6) is 0 Å². The Labute approximate surface area is 116 Å². The first-order valence-corrected chi connectivity index (χ1v) is 7.25. The Bertz CT molecular complexity index is 426. The molecule has 0 saturated heterocycles. The first kappa shape index (κ1) is 13.4. The van der Waals surface area contributed by atoms with Crippen molar-refractivity contribution >= 4 is 27.5 Å². The van der Waals surface area contributed by atoms with Gasteiger partial charge in [-0.3, -0.25) is 4.79 Å². The van der Waals surface area contributed by atoms with E-state index in [4.69, 9.17) is 5.73 Å². The molecule has 3 N–H and O–H groups in total. The van der Waals surface area contributed by atoms with E-state index in [-0.39, 0.29) is 5.91 Å². The zero-order chi connectivity index (χ0) is 13.0. The smallest absolute Gasteiger partial charge is 0.243 e. The molecule has 4 heteroatoms. The molecule has 1 fully saturated rings. The molecule has 1 aliphatic rings. The fraction of sp³-hybridized carbons (Fsp3) is 0.500. The number of benzene rings is 1. The Balaban J connectivity index is 2.22. The summed E-state index contributed by atoms with van der Waals surface area (Å²) in [4.78, 5) is 11.9. The molecular formula is C14H19BrN2O. The van der Waals surface area contributed by atoms with Gasteiger partial charge in [-0.15, -0.1) is 0 Å². The van der Waals surface area contributed by atoms with Gasteiger partial charge in [-0.25, -0.2) is 0 Å². The van der Waals surface area contributed by atoms with Crippen LogP contribution in [0.4, 0.5) is 5.69 Å². The molecule has 0 heterocycles. The van der Waals surface area contributed by atoms with Crippen LogP contribution in [-0.4, -0.2) is 11.4 Å². The zero-order valence-electron chi connectivity index (χ0n) is 10.4. The van der Waals surface area contributed by atoms with E-state index in [1.54, 1.807) is 0 Å². The number of primary amides is 1. The molecule has 2 rings (SSSR count). The third-order valence-electron chi connectivity index (χ3n) is 3.64. The number of nitrogens with one attached hydrogen (secondary N) is 1. The highest BCUT2D eigenvalue weighted by molar-refractivity contribution is 9.10. The Kier molecular flexibility index (Phi) is 4.27. The third kappa shape index (κ3) is 3.05. The second-order valence-corrected chi connectivity index (χ2v) is 5.91. The number of halogens is 1. The molecule has 0 aromatic heterocycles. The summed E-state index contributed by atoms with van der Waals surface area (Å²) in [5.41, 5.74) is 6.02. The first-order valence-electron chi connectivity index (χ1n) is 6.46. The van der Waals surface area contributed by atoms with Crippen LogP contribution < -0.4 is 11.1 Å². The van der Waals surface area contributed by atoms with Crippen LogP contribution in [0.2, 0.25) is 0 Å². The Hall–Kier alpha value is -1.03. The van der Waals surface area contributed by atoms with Crippen molar-refractivity contribution in [3.8, 4) is 0 Å². The Morgan fingerprint density at radius 1 is 1.22 bits per heavy atom. The summed E-state index contributed by atoms with van der Waals surface area (Å²) < 4.78 is 1.00. The number of rotatable bonds is 3. The maximum Gasteiger partial charge on any atom is 0.243 e. The second kappa shape index (κ2) is 5.74. The number of hydrogen-bond donors (Lipinski definition) is 2. The first-order chi connectivity index (χ1) is 8.62. The van der Waals surface area contributed by atoms with Crippen LogP contribution in [0.15, 0.2) is 28.7 Å². The summed E-state index contributed by atoms with van der Waals surface area (Å²) in [6, 6.07) is 7.88. The molecule has 0 unspecified atom stereocenters. The molecule has 18 heavy (non-hydrogen) atoms. The molecular weight excluding hydrogens is 292 g/mol. The molecule has 3 nitrogen and oxygen atoms in total. The van der Waals surface area contributed by atoms with Crippen molar-refractivity contribution in [2.24, 2.45) is 5.73 Å². The number of carbonyl (C=O) groups excluding carboxylic acids is 1. The lowest BCUT2D eigenvalue weighted by atomic mass is 9.89. The average Bonchev–Trinajstić information content (AvgIpc) is 2.55. The van der Waals surface area contributed by atoms with Crippen molar-refractivity contribution in [3.63, 3.8) is 0 Å². The second-order valence-electron chi connectivity index (χ2n) is 5.00. The normalized spacial score (nSPS) is 18.9. The van der Waals surface area contributed by atoms with Gasteiger partial charge >= 0.3 is 0 Å². The summed E-state index contributed by atoms with van der Waals surface area (Å²) in [5.74, 6) is -0.232. The highest BCUT2D eigenvalue weighted by Gasteiger charge is 2.36. The summed E-state index contributed by atoms with van der Waals surface area (Å²) >= 11 is 3.44. The zero-order valence-corrected chi connectivity index (χ0v) is 12.0. The standard InChI is InChI=1S/C14H19BrN2O/c15-11-6-5-7-12(10-11)17-14(13(16)18)8-3-1-2-4-9-14/h5-7,10,17H,1-4,8-9H2,(H2,16,18). The lowest BCUT2D eigenvalue weighted by Gasteiger charge is -2.31. The van der Waals surface area contributed by atoms with Crippen LogP contribution >= 0.6 is 15.9 Å². The molecule has 1 amide bonds. The van der Waals surface area contributed by atoms with Crippen molar-refractivity contribution in [3.05, 3.63) is 28.7 Å². The highest BCUT2D eigenvalue weighted by atomic mass is 79.9. The molecule has 0 aliphatic heterocycles. The van der Waals surface area contributed by atoms with Crippen LogP contribution in [-0.2, 0) is 4.79 Å². The minimum atomic E-state index is -0.572. The summed E-state index contributed by atoms with van der Waals surface area (Å²) in [7, 11) is 0.